The number of anilines is 1. The van der Waals surface area contributed by atoms with Crippen molar-refractivity contribution in [2.45, 2.75) is 30.5 Å². The monoisotopic (exact) mass is 490 g/mol. The van der Waals surface area contributed by atoms with Crippen LogP contribution in [-0.4, -0.2) is 51.7 Å². The van der Waals surface area contributed by atoms with Crippen LogP contribution in [-0.2, 0) is 15.4 Å². The van der Waals surface area contributed by atoms with Crippen molar-refractivity contribution in [3.05, 3.63) is 75.5 Å². The lowest BCUT2D eigenvalue weighted by Crippen LogP contribution is -2.33. The van der Waals surface area contributed by atoms with Gasteiger partial charge in [-0.05, 0) is 36.2 Å². The minimum Gasteiger partial charge on any atom is -0.390 e. The van der Waals surface area contributed by atoms with E-state index in [1.807, 2.05) is 0 Å². The Labute approximate surface area is 194 Å². The molecular formula is C22H20ClFN4O4S. The number of sulfone groups is 1. The van der Waals surface area contributed by atoms with E-state index in [0.29, 0.717) is 23.2 Å². The molecule has 0 amide bonds. The minimum absolute atomic E-state index is 0.0323. The lowest BCUT2D eigenvalue weighted by Gasteiger charge is -2.20. The van der Waals surface area contributed by atoms with E-state index in [9.17, 15) is 22.7 Å². The van der Waals surface area contributed by atoms with Gasteiger partial charge in [0.15, 0.2) is 9.84 Å². The third kappa shape index (κ3) is 4.03. The van der Waals surface area contributed by atoms with Gasteiger partial charge in [-0.3, -0.25) is 4.79 Å². The third-order valence-electron chi connectivity index (χ3n) is 6.18. The van der Waals surface area contributed by atoms with Crippen molar-refractivity contribution in [3.63, 3.8) is 0 Å². The zero-order valence-electron chi connectivity index (χ0n) is 17.3. The first-order valence-corrected chi connectivity index (χ1v) is 12.5. The number of rotatable bonds is 5. The summed E-state index contributed by atoms with van der Waals surface area (Å²) in [7, 11) is -3.04. The van der Waals surface area contributed by atoms with Gasteiger partial charge in [-0.2, -0.15) is 0 Å². The van der Waals surface area contributed by atoms with Crippen LogP contribution in [0.25, 0.3) is 11.3 Å². The normalized spacial score (nSPS) is 25.7. The Morgan fingerprint density at radius 2 is 2.03 bits per heavy atom. The topological polar surface area (TPSA) is 114 Å². The number of aliphatic hydroxyl groups is 1. The SMILES string of the molecule is O=c1cc(-c2ccnc(NC3CCS(=O)(=O)C3)n2)ccn1C1(c2ccc(Cl)c(F)c2)C[C@@H]1O. The lowest BCUT2D eigenvalue weighted by molar-refractivity contribution is 0.234. The molecule has 8 nitrogen and oxygen atoms in total. The van der Waals surface area contributed by atoms with Gasteiger partial charge in [-0.1, -0.05) is 17.7 Å². The fourth-order valence-corrected chi connectivity index (χ4v) is 6.15. The first-order chi connectivity index (χ1) is 15.7. The van der Waals surface area contributed by atoms with Crippen molar-refractivity contribution in [2.75, 3.05) is 16.8 Å². The van der Waals surface area contributed by atoms with Crippen LogP contribution >= 0.6 is 11.6 Å². The summed E-state index contributed by atoms with van der Waals surface area (Å²) in [5, 5.41) is 13.4. The molecule has 1 aromatic carbocycles. The van der Waals surface area contributed by atoms with Gasteiger partial charge < -0.3 is 15.0 Å². The summed E-state index contributed by atoms with van der Waals surface area (Å²) >= 11 is 5.78. The summed E-state index contributed by atoms with van der Waals surface area (Å²) in [6, 6.07) is 8.72. The fourth-order valence-electron chi connectivity index (χ4n) is 4.36. The van der Waals surface area contributed by atoms with E-state index in [-0.39, 0.29) is 40.5 Å². The molecule has 172 valence electrons. The molecule has 2 aliphatic rings. The van der Waals surface area contributed by atoms with E-state index in [0.717, 1.165) is 0 Å². The smallest absolute Gasteiger partial charge is 0.252 e. The Morgan fingerprint density at radius 3 is 2.67 bits per heavy atom. The van der Waals surface area contributed by atoms with Crippen molar-refractivity contribution in [3.8, 4) is 11.3 Å². The van der Waals surface area contributed by atoms with Gasteiger partial charge in [-0.25, -0.2) is 22.8 Å². The number of hydrogen-bond acceptors (Lipinski definition) is 7. The highest BCUT2D eigenvalue weighted by molar-refractivity contribution is 7.91. The molecule has 2 N–H and O–H groups in total. The van der Waals surface area contributed by atoms with Gasteiger partial charge >= 0.3 is 0 Å². The Kier molecular flexibility index (Phi) is 5.26. The quantitative estimate of drug-likeness (QED) is 0.563. The highest BCUT2D eigenvalue weighted by Gasteiger charge is 2.57. The zero-order chi connectivity index (χ0) is 23.4. The van der Waals surface area contributed by atoms with Crippen molar-refractivity contribution >= 4 is 27.4 Å². The molecule has 2 unspecified atom stereocenters. The lowest BCUT2D eigenvalue weighted by atomic mass is 10.0. The van der Waals surface area contributed by atoms with Crippen LogP contribution < -0.4 is 10.9 Å². The molecular weight excluding hydrogens is 471 g/mol. The maximum absolute atomic E-state index is 14.0. The van der Waals surface area contributed by atoms with Crippen molar-refractivity contribution in [1.29, 1.82) is 0 Å². The Balaban J connectivity index is 1.44. The largest absolute Gasteiger partial charge is 0.390 e. The number of pyridine rings is 1. The van der Waals surface area contributed by atoms with Crippen LogP contribution in [0.1, 0.15) is 18.4 Å². The van der Waals surface area contributed by atoms with Crippen LogP contribution in [0.15, 0.2) is 53.6 Å². The van der Waals surface area contributed by atoms with Gasteiger partial charge in [-0.15, -0.1) is 0 Å². The average molecular weight is 491 g/mol. The van der Waals surface area contributed by atoms with Crippen molar-refractivity contribution in [1.82, 2.24) is 14.5 Å². The van der Waals surface area contributed by atoms with Gasteiger partial charge in [0.2, 0.25) is 5.95 Å². The zero-order valence-corrected chi connectivity index (χ0v) is 18.9. The number of benzene rings is 1. The number of hydrogen-bond donors (Lipinski definition) is 2. The molecule has 0 radical (unpaired) electrons. The molecule has 3 atom stereocenters. The molecule has 11 heteroatoms. The molecule has 5 rings (SSSR count). The molecule has 1 aliphatic heterocycles. The van der Waals surface area contributed by atoms with Crippen molar-refractivity contribution < 1.29 is 17.9 Å². The Morgan fingerprint density at radius 1 is 1.24 bits per heavy atom. The van der Waals surface area contributed by atoms with E-state index in [4.69, 9.17) is 11.6 Å². The molecule has 3 heterocycles. The fraction of sp³-hybridized carbons (Fsp3) is 0.318. The number of nitrogens with one attached hydrogen (secondary N) is 1. The molecule has 1 aliphatic carbocycles. The van der Waals surface area contributed by atoms with E-state index < -0.39 is 27.3 Å². The second kappa shape index (κ2) is 7.89. The van der Waals surface area contributed by atoms with Gasteiger partial charge in [0.25, 0.3) is 5.56 Å². The van der Waals surface area contributed by atoms with E-state index in [2.05, 4.69) is 15.3 Å². The summed E-state index contributed by atoms with van der Waals surface area (Å²) in [6.07, 6.45) is 3.02. The molecule has 1 saturated carbocycles. The molecule has 33 heavy (non-hydrogen) atoms. The summed E-state index contributed by atoms with van der Waals surface area (Å²) in [6.45, 7) is 0. The minimum atomic E-state index is -3.04. The third-order valence-corrected chi connectivity index (χ3v) is 8.26. The predicted octanol–water partition coefficient (Wildman–Crippen LogP) is 2.21. The summed E-state index contributed by atoms with van der Waals surface area (Å²) in [5.41, 5.74) is 0.0583. The number of halogens is 2. The summed E-state index contributed by atoms with van der Waals surface area (Å²) in [5.74, 6) is -0.169. The van der Waals surface area contributed by atoms with Crippen LogP contribution in [0.2, 0.25) is 5.02 Å². The summed E-state index contributed by atoms with van der Waals surface area (Å²) in [4.78, 5) is 21.6. The molecule has 2 fully saturated rings. The number of nitrogens with zero attached hydrogens (tertiary/aromatic N) is 3. The number of aliphatic hydroxyl groups excluding tert-OH is 1. The average Bonchev–Trinajstić information content (AvgIpc) is 3.33. The number of aromatic nitrogens is 3. The standard InChI is InChI=1S/C22H20ClFN4O4S/c23-16-2-1-14(10-17(16)24)22(11-19(22)29)28-7-4-13(9-20(28)30)18-3-6-25-21(27-18)26-15-5-8-33(31,32)12-15/h1-4,6-7,9-10,15,19,29H,5,8,11-12H2,(H,25,26,27)/t15?,19-,22?/m0/s1. The first kappa shape index (κ1) is 22.0. The molecule has 1 saturated heterocycles. The van der Waals surface area contributed by atoms with Crippen LogP contribution in [0.5, 0.6) is 0 Å². The van der Waals surface area contributed by atoms with Crippen LogP contribution in [0.4, 0.5) is 10.3 Å². The highest BCUT2D eigenvalue weighted by atomic mass is 35.5. The van der Waals surface area contributed by atoms with Crippen molar-refractivity contribution in [2.24, 2.45) is 0 Å². The van der Waals surface area contributed by atoms with Crippen LogP contribution in [0, 0.1) is 5.82 Å². The Bertz CT molecular complexity index is 1410. The second-order valence-corrected chi connectivity index (χ2v) is 11.0. The van der Waals surface area contributed by atoms with Gasteiger partial charge in [0.05, 0.1) is 28.3 Å². The highest BCUT2D eigenvalue weighted by Crippen LogP contribution is 2.49. The first-order valence-electron chi connectivity index (χ1n) is 10.4. The molecule has 3 aromatic rings. The summed E-state index contributed by atoms with van der Waals surface area (Å²) < 4.78 is 38.8. The van der Waals surface area contributed by atoms with Gasteiger partial charge in [0.1, 0.15) is 11.4 Å². The molecule has 0 spiro atoms. The van der Waals surface area contributed by atoms with E-state index in [1.165, 1.54) is 29.0 Å². The molecule has 2 aromatic heterocycles. The maximum Gasteiger partial charge on any atom is 0.252 e. The molecule has 0 bridgehead atoms. The Hall–Kier alpha value is -2.82. The van der Waals surface area contributed by atoms with E-state index >= 15 is 0 Å². The van der Waals surface area contributed by atoms with E-state index in [1.54, 1.807) is 24.4 Å². The maximum atomic E-state index is 14.0. The second-order valence-electron chi connectivity index (χ2n) is 8.41. The predicted molar refractivity (Wildman–Crippen MR) is 122 cm³/mol. The van der Waals surface area contributed by atoms with Crippen LogP contribution in [0.3, 0.4) is 0 Å². The van der Waals surface area contributed by atoms with Gasteiger partial charge in [0, 0.05) is 36.5 Å².